The lowest BCUT2D eigenvalue weighted by molar-refractivity contribution is -0.161. The number of carboxylic acids is 1. The summed E-state index contributed by atoms with van der Waals surface area (Å²) in [6.45, 7) is 0. The number of carboxylic acid groups (broad SMARTS) is 1. The lowest BCUT2D eigenvalue weighted by Crippen LogP contribution is -2.66. The number of rotatable bonds is 2. The van der Waals surface area contributed by atoms with Crippen molar-refractivity contribution in [3.8, 4) is 11.5 Å². The Morgan fingerprint density at radius 3 is 2.91 bits per heavy atom. The van der Waals surface area contributed by atoms with Gasteiger partial charge in [0.1, 0.15) is 11.5 Å². The van der Waals surface area contributed by atoms with Gasteiger partial charge in [0.2, 0.25) is 0 Å². The molecule has 122 valence electrons. The maximum Gasteiger partial charge on any atom is 0.306 e. The topological polar surface area (TPSA) is 84.9 Å². The Hall–Kier alpha value is -2.24. The zero-order valence-corrected chi connectivity index (χ0v) is 12.9. The number of amides is 1. The molecule has 4 atom stereocenters. The van der Waals surface area contributed by atoms with Crippen molar-refractivity contribution in [2.24, 2.45) is 17.8 Å². The van der Waals surface area contributed by atoms with Crippen LogP contribution in [-0.2, 0) is 4.79 Å². The van der Waals surface area contributed by atoms with Crippen LogP contribution in [0.2, 0.25) is 0 Å². The second kappa shape index (κ2) is 4.88. The summed E-state index contributed by atoms with van der Waals surface area (Å²) in [4.78, 5) is 23.9. The van der Waals surface area contributed by atoms with Gasteiger partial charge in [-0.2, -0.15) is 0 Å². The van der Waals surface area contributed by atoms with E-state index in [4.69, 9.17) is 9.47 Å². The average Bonchev–Trinajstić information content (AvgIpc) is 2.54. The molecule has 4 aliphatic rings. The lowest BCUT2D eigenvalue weighted by atomic mass is 9.60. The molecule has 1 amide bonds. The molecule has 3 saturated carbocycles. The normalized spacial score (nSPS) is 34.5. The van der Waals surface area contributed by atoms with Crippen LogP contribution in [-0.4, -0.2) is 29.8 Å². The summed E-state index contributed by atoms with van der Waals surface area (Å²) in [5.74, 6) is 0.00559. The van der Waals surface area contributed by atoms with Crippen molar-refractivity contribution in [2.45, 2.75) is 31.4 Å². The van der Waals surface area contributed by atoms with E-state index in [1.165, 1.54) is 0 Å². The number of fused-ring (bicyclic) bond motifs is 3. The number of hydrogen-bond donors (Lipinski definition) is 2. The fourth-order valence-electron chi connectivity index (χ4n) is 4.42. The molecule has 1 aromatic carbocycles. The number of nitrogens with one attached hydrogen (secondary N) is 1. The van der Waals surface area contributed by atoms with E-state index < -0.39 is 11.7 Å². The third-order valence-corrected chi connectivity index (χ3v) is 5.59. The maximum absolute atomic E-state index is 12.5. The van der Waals surface area contributed by atoms with Gasteiger partial charge in [-0.3, -0.25) is 9.59 Å². The first-order valence-electron chi connectivity index (χ1n) is 7.95. The summed E-state index contributed by atoms with van der Waals surface area (Å²) in [5, 5.41) is 12.4. The van der Waals surface area contributed by atoms with Gasteiger partial charge in [0.05, 0.1) is 18.6 Å². The number of carbonyl (C=O) groups excluding carboxylic acids is 1. The molecule has 3 fully saturated rings. The third kappa shape index (κ3) is 2.08. The summed E-state index contributed by atoms with van der Waals surface area (Å²) in [7, 11) is 1.57. The van der Waals surface area contributed by atoms with Gasteiger partial charge < -0.3 is 19.9 Å². The van der Waals surface area contributed by atoms with Crippen molar-refractivity contribution in [3.63, 3.8) is 0 Å². The highest BCUT2D eigenvalue weighted by Crippen LogP contribution is 2.52. The first kappa shape index (κ1) is 14.4. The molecule has 1 aliphatic heterocycles. The molecule has 0 radical (unpaired) electrons. The Kier molecular flexibility index (Phi) is 3.04. The molecular formula is C17H19NO5. The van der Waals surface area contributed by atoms with E-state index in [9.17, 15) is 14.7 Å². The Morgan fingerprint density at radius 1 is 1.43 bits per heavy atom. The Labute approximate surface area is 133 Å². The van der Waals surface area contributed by atoms with E-state index in [2.05, 4.69) is 5.32 Å². The summed E-state index contributed by atoms with van der Waals surface area (Å²) >= 11 is 0. The maximum atomic E-state index is 12.5. The quantitative estimate of drug-likeness (QED) is 0.872. The van der Waals surface area contributed by atoms with E-state index in [1.807, 2.05) is 0 Å². The highest BCUT2D eigenvalue weighted by atomic mass is 16.5. The van der Waals surface area contributed by atoms with Crippen LogP contribution in [0.1, 0.15) is 36.0 Å². The molecule has 1 aromatic rings. The average molecular weight is 317 g/mol. The second-order valence-corrected chi connectivity index (χ2v) is 6.73. The smallest absolute Gasteiger partial charge is 0.306 e. The Balaban J connectivity index is 1.69. The largest absolute Gasteiger partial charge is 0.497 e. The fourth-order valence-corrected chi connectivity index (χ4v) is 4.42. The van der Waals surface area contributed by atoms with Crippen LogP contribution >= 0.6 is 0 Å². The summed E-state index contributed by atoms with van der Waals surface area (Å²) in [5.41, 5.74) is -0.279. The van der Waals surface area contributed by atoms with Gasteiger partial charge in [-0.25, -0.2) is 0 Å². The zero-order valence-electron chi connectivity index (χ0n) is 12.9. The van der Waals surface area contributed by atoms with E-state index >= 15 is 0 Å². The predicted molar refractivity (Wildman–Crippen MR) is 80.4 cm³/mol. The first-order valence-corrected chi connectivity index (χ1v) is 7.95. The summed E-state index contributed by atoms with van der Waals surface area (Å²) in [6.07, 6.45) is 2.87. The van der Waals surface area contributed by atoms with Crippen molar-refractivity contribution in [1.82, 2.24) is 5.32 Å². The number of methoxy groups -OCH3 is 1. The zero-order chi connectivity index (χ0) is 16.2. The standard InChI is InChI=1S/C17H19NO5/c1-22-11-4-5-12-14(7-11)23-17(18-15(12)19)8-9-2-3-10(17)6-13(9)16(20)21/h4-5,7,9-10,13H,2-3,6,8H2,1H3,(H,18,19)(H,20,21)/t9-,10+,13+,17+/m1/s1. The minimum absolute atomic E-state index is 0.0249. The van der Waals surface area contributed by atoms with E-state index in [-0.39, 0.29) is 23.7 Å². The molecule has 1 spiro atoms. The monoisotopic (exact) mass is 317 g/mol. The number of aliphatic carboxylic acids is 1. The van der Waals surface area contributed by atoms with Gasteiger partial charge in [0, 0.05) is 18.4 Å². The number of hydrogen-bond acceptors (Lipinski definition) is 4. The molecule has 6 heteroatoms. The van der Waals surface area contributed by atoms with Crippen LogP contribution in [0.5, 0.6) is 11.5 Å². The van der Waals surface area contributed by atoms with Crippen molar-refractivity contribution >= 4 is 11.9 Å². The Morgan fingerprint density at radius 2 is 2.26 bits per heavy atom. The molecule has 5 rings (SSSR count). The van der Waals surface area contributed by atoms with E-state index in [0.29, 0.717) is 29.9 Å². The minimum Gasteiger partial charge on any atom is -0.497 e. The van der Waals surface area contributed by atoms with Crippen LogP contribution in [0.25, 0.3) is 0 Å². The van der Waals surface area contributed by atoms with Crippen LogP contribution in [0.15, 0.2) is 18.2 Å². The van der Waals surface area contributed by atoms with Gasteiger partial charge >= 0.3 is 5.97 Å². The SMILES string of the molecule is COc1ccc2c(c1)O[C@]1(C[C@H]3CC[C@H]1C[C@@H]3C(=O)O)NC2=O. The molecule has 0 unspecified atom stereocenters. The van der Waals surface area contributed by atoms with Gasteiger partial charge in [0.15, 0.2) is 5.72 Å². The molecule has 1 heterocycles. The summed E-state index contributed by atoms with van der Waals surface area (Å²) < 4.78 is 11.4. The van der Waals surface area contributed by atoms with Gasteiger partial charge in [0.25, 0.3) is 5.91 Å². The fraction of sp³-hybridized carbons (Fsp3) is 0.529. The summed E-state index contributed by atoms with van der Waals surface area (Å²) in [6, 6.07) is 5.15. The molecule has 2 N–H and O–H groups in total. The minimum atomic E-state index is -0.773. The highest BCUT2D eigenvalue weighted by molar-refractivity contribution is 5.98. The van der Waals surface area contributed by atoms with Crippen molar-refractivity contribution < 1.29 is 24.2 Å². The Bertz CT molecular complexity index is 688. The molecule has 2 bridgehead atoms. The van der Waals surface area contributed by atoms with Gasteiger partial charge in [-0.15, -0.1) is 0 Å². The van der Waals surface area contributed by atoms with E-state index in [0.717, 1.165) is 12.8 Å². The highest BCUT2D eigenvalue weighted by Gasteiger charge is 2.57. The van der Waals surface area contributed by atoms with Gasteiger partial charge in [-0.05, 0) is 37.3 Å². The van der Waals surface area contributed by atoms with Gasteiger partial charge in [-0.1, -0.05) is 0 Å². The third-order valence-electron chi connectivity index (χ3n) is 5.59. The van der Waals surface area contributed by atoms with Crippen molar-refractivity contribution in [1.29, 1.82) is 0 Å². The van der Waals surface area contributed by atoms with Crippen LogP contribution in [0, 0.1) is 17.8 Å². The molecular weight excluding hydrogens is 298 g/mol. The number of carbonyl (C=O) groups is 2. The van der Waals surface area contributed by atoms with Crippen molar-refractivity contribution in [2.75, 3.05) is 7.11 Å². The van der Waals surface area contributed by atoms with E-state index in [1.54, 1.807) is 25.3 Å². The predicted octanol–water partition coefficient (Wildman–Crippen LogP) is 2.03. The van der Waals surface area contributed by atoms with Crippen LogP contribution in [0.4, 0.5) is 0 Å². The van der Waals surface area contributed by atoms with Crippen LogP contribution in [0.3, 0.4) is 0 Å². The number of benzene rings is 1. The number of ether oxygens (including phenoxy) is 2. The molecule has 0 aromatic heterocycles. The first-order chi connectivity index (χ1) is 11.0. The molecule has 23 heavy (non-hydrogen) atoms. The second-order valence-electron chi connectivity index (χ2n) is 6.73. The molecule has 6 nitrogen and oxygen atoms in total. The van der Waals surface area contributed by atoms with Crippen molar-refractivity contribution in [3.05, 3.63) is 23.8 Å². The molecule has 0 saturated heterocycles. The van der Waals surface area contributed by atoms with Crippen LogP contribution < -0.4 is 14.8 Å². The lowest BCUT2D eigenvalue weighted by Gasteiger charge is -2.54. The molecule has 3 aliphatic carbocycles.